The van der Waals surface area contributed by atoms with Crippen LogP contribution in [0.4, 0.5) is 26.1 Å². The highest BCUT2D eigenvalue weighted by molar-refractivity contribution is 5.64. The minimum absolute atomic E-state index is 0.186. The fourth-order valence-corrected chi connectivity index (χ4v) is 2.77. The Bertz CT molecular complexity index is 872. The molecule has 0 radical (unpaired) electrons. The summed E-state index contributed by atoms with van der Waals surface area (Å²) in [4.78, 5) is 6.76. The van der Waals surface area contributed by atoms with Gasteiger partial charge >= 0.3 is 0 Å². The second-order valence-corrected chi connectivity index (χ2v) is 5.59. The van der Waals surface area contributed by atoms with Crippen molar-refractivity contribution in [2.24, 2.45) is 0 Å². The number of hydrogen-bond acceptors (Lipinski definition) is 5. The molecule has 0 aliphatic carbocycles. The van der Waals surface area contributed by atoms with Crippen molar-refractivity contribution >= 4 is 23.0 Å². The van der Waals surface area contributed by atoms with Crippen LogP contribution in [0.25, 0.3) is 5.65 Å². The van der Waals surface area contributed by atoms with Crippen LogP contribution in [0.2, 0.25) is 0 Å². The average molecular weight is 330 g/mol. The Labute approximate surface area is 137 Å². The van der Waals surface area contributed by atoms with Crippen LogP contribution in [-0.2, 0) is 0 Å². The second-order valence-electron chi connectivity index (χ2n) is 5.59. The lowest BCUT2D eigenvalue weighted by Gasteiger charge is -2.28. The van der Waals surface area contributed by atoms with Crippen LogP contribution < -0.4 is 15.5 Å². The number of fused-ring (bicyclic) bond motifs is 1. The Kier molecular flexibility index (Phi) is 3.73. The molecule has 3 heterocycles. The Balaban J connectivity index is 1.74. The quantitative estimate of drug-likeness (QED) is 0.771. The van der Waals surface area contributed by atoms with E-state index < -0.39 is 11.6 Å². The summed E-state index contributed by atoms with van der Waals surface area (Å²) >= 11 is 0. The summed E-state index contributed by atoms with van der Waals surface area (Å²) < 4.78 is 28.6. The molecule has 0 spiro atoms. The molecule has 124 valence electrons. The number of nitrogens with one attached hydrogen (secondary N) is 2. The standard InChI is InChI=1S/C16H16F2N6/c17-11-1-2-13(12(18)9-11)21-16-10-15(23-7-5-19-6-8-23)22-14-3-4-20-24(14)16/h1-4,9-10,19,21H,5-8H2. The van der Waals surface area contributed by atoms with Gasteiger partial charge in [0.05, 0.1) is 11.9 Å². The molecular weight excluding hydrogens is 314 g/mol. The highest BCUT2D eigenvalue weighted by atomic mass is 19.1. The molecule has 1 aliphatic rings. The number of rotatable bonds is 3. The summed E-state index contributed by atoms with van der Waals surface area (Å²) in [5, 5.41) is 10.5. The first-order chi connectivity index (χ1) is 11.7. The highest BCUT2D eigenvalue weighted by Gasteiger charge is 2.16. The minimum Gasteiger partial charge on any atom is -0.354 e. The van der Waals surface area contributed by atoms with Gasteiger partial charge in [0.25, 0.3) is 0 Å². The number of aromatic nitrogens is 3. The number of benzene rings is 1. The van der Waals surface area contributed by atoms with E-state index in [0.717, 1.165) is 38.1 Å². The molecule has 1 aliphatic heterocycles. The zero-order valence-electron chi connectivity index (χ0n) is 12.8. The van der Waals surface area contributed by atoms with Crippen LogP contribution >= 0.6 is 0 Å². The van der Waals surface area contributed by atoms with E-state index in [4.69, 9.17) is 0 Å². The first-order valence-electron chi connectivity index (χ1n) is 7.73. The van der Waals surface area contributed by atoms with Gasteiger partial charge in [-0.2, -0.15) is 9.61 Å². The summed E-state index contributed by atoms with van der Waals surface area (Å²) in [6.45, 7) is 3.48. The highest BCUT2D eigenvalue weighted by Crippen LogP contribution is 2.24. The second kappa shape index (κ2) is 6.04. The van der Waals surface area contributed by atoms with Crippen molar-refractivity contribution in [1.82, 2.24) is 19.9 Å². The summed E-state index contributed by atoms with van der Waals surface area (Å²) in [5.41, 5.74) is 0.849. The Morgan fingerprint density at radius 3 is 2.71 bits per heavy atom. The Hall–Kier alpha value is -2.74. The number of halogens is 2. The van der Waals surface area contributed by atoms with Crippen molar-refractivity contribution in [2.75, 3.05) is 36.4 Å². The van der Waals surface area contributed by atoms with Crippen molar-refractivity contribution in [3.8, 4) is 0 Å². The minimum atomic E-state index is -0.657. The van der Waals surface area contributed by atoms with Crippen molar-refractivity contribution in [1.29, 1.82) is 0 Å². The third kappa shape index (κ3) is 2.76. The number of nitrogens with zero attached hydrogens (tertiary/aromatic N) is 4. The molecule has 0 amide bonds. The lowest BCUT2D eigenvalue weighted by Crippen LogP contribution is -2.44. The lowest BCUT2D eigenvalue weighted by molar-refractivity contribution is 0.584. The van der Waals surface area contributed by atoms with E-state index in [1.807, 2.05) is 6.07 Å². The summed E-state index contributed by atoms with van der Waals surface area (Å²) in [7, 11) is 0. The molecule has 1 fully saturated rings. The van der Waals surface area contributed by atoms with E-state index in [0.29, 0.717) is 11.5 Å². The molecule has 1 aromatic carbocycles. The predicted octanol–water partition coefficient (Wildman–Crippen LogP) is 2.16. The Morgan fingerprint density at radius 1 is 1.08 bits per heavy atom. The van der Waals surface area contributed by atoms with Crippen LogP contribution in [0.15, 0.2) is 36.5 Å². The predicted molar refractivity (Wildman–Crippen MR) is 87.7 cm³/mol. The third-order valence-electron chi connectivity index (χ3n) is 3.98. The molecule has 3 aromatic rings. The fraction of sp³-hybridized carbons (Fsp3) is 0.250. The average Bonchev–Trinajstić information content (AvgIpc) is 3.07. The van der Waals surface area contributed by atoms with E-state index in [1.165, 1.54) is 12.1 Å². The van der Waals surface area contributed by atoms with Crippen LogP contribution in [0, 0.1) is 11.6 Å². The summed E-state index contributed by atoms with van der Waals surface area (Å²) in [6.07, 6.45) is 1.63. The maximum atomic E-state index is 14.0. The van der Waals surface area contributed by atoms with E-state index in [9.17, 15) is 8.78 Å². The maximum Gasteiger partial charge on any atom is 0.159 e. The molecule has 24 heavy (non-hydrogen) atoms. The van der Waals surface area contributed by atoms with Crippen molar-refractivity contribution in [3.63, 3.8) is 0 Å². The van der Waals surface area contributed by atoms with E-state index in [-0.39, 0.29) is 5.69 Å². The lowest BCUT2D eigenvalue weighted by atomic mass is 10.3. The number of piperazine rings is 1. The Morgan fingerprint density at radius 2 is 1.92 bits per heavy atom. The normalized spacial score (nSPS) is 15.0. The van der Waals surface area contributed by atoms with Crippen molar-refractivity contribution < 1.29 is 8.78 Å². The number of hydrogen-bond donors (Lipinski definition) is 2. The van der Waals surface area contributed by atoms with Crippen molar-refractivity contribution in [2.45, 2.75) is 0 Å². The summed E-state index contributed by atoms with van der Waals surface area (Å²) in [5.74, 6) is 0.105. The monoisotopic (exact) mass is 330 g/mol. The molecule has 0 bridgehead atoms. The molecule has 8 heteroatoms. The molecule has 4 rings (SSSR count). The van der Waals surface area contributed by atoms with Gasteiger partial charge in [0, 0.05) is 44.4 Å². The van der Waals surface area contributed by atoms with Gasteiger partial charge in [-0.1, -0.05) is 0 Å². The molecule has 6 nitrogen and oxygen atoms in total. The van der Waals surface area contributed by atoms with Gasteiger partial charge in [-0.25, -0.2) is 13.8 Å². The smallest absolute Gasteiger partial charge is 0.159 e. The molecule has 1 saturated heterocycles. The van der Waals surface area contributed by atoms with Crippen LogP contribution in [-0.4, -0.2) is 40.8 Å². The largest absolute Gasteiger partial charge is 0.354 e. The number of anilines is 3. The molecular formula is C16H16F2N6. The molecule has 2 aromatic heterocycles. The van der Waals surface area contributed by atoms with Crippen LogP contribution in [0.3, 0.4) is 0 Å². The third-order valence-corrected chi connectivity index (χ3v) is 3.98. The van der Waals surface area contributed by atoms with E-state index >= 15 is 0 Å². The van der Waals surface area contributed by atoms with Gasteiger partial charge in [-0.05, 0) is 12.1 Å². The first kappa shape index (κ1) is 14.8. The van der Waals surface area contributed by atoms with Gasteiger partial charge in [-0.3, -0.25) is 0 Å². The van der Waals surface area contributed by atoms with Crippen LogP contribution in [0.5, 0.6) is 0 Å². The molecule has 2 N–H and O–H groups in total. The molecule has 0 saturated carbocycles. The van der Waals surface area contributed by atoms with E-state index in [2.05, 4.69) is 25.6 Å². The maximum absolute atomic E-state index is 14.0. The van der Waals surface area contributed by atoms with Crippen molar-refractivity contribution in [3.05, 3.63) is 48.2 Å². The zero-order valence-corrected chi connectivity index (χ0v) is 12.8. The zero-order chi connectivity index (χ0) is 16.5. The topological polar surface area (TPSA) is 57.5 Å². The van der Waals surface area contributed by atoms with Gasteiger partial charge in [-0.15, -0.1) is 0 Å². The van der Waals surface area contributed by atoms with Gasteiger partial charge in [0.15, 0.2) is 5.65 Å². The fourth-order valence-electron chi connectivity index (χ4n) is 2.77. The molecule has 0 atom stereocenters. The van der Waals surface area contributed by atoms with Gasteiger partial charge < -0.3 is 15.5 Å². The molecule has 0 unspecified atom stereocenters. The van der Waals surface area contributed by atoms with Gasteiger partial charge in [0.2, 0.25) is 0 Å². The SMILES string of the molecule is Fc1ccc(Nc2cc(N3CCNCC3)nc3ccnn23)c(F)c1. The van der Waals surface area contributed by atoms with Gasteiger partial charge in [0.1, 0.15) is 23.3 Å². The van der Waals surface area contributed by atoms with Crippen LogP contribution in [0.1, 0.15) is 0 Å². The summed E-state index contributed by atoms with van der Waals surface area (Å²) in [6, 6.07) is 7.04. The first-order valence-corrected chi connectivity index (χ1v) is 7.73. The van der Waals surface area contributed by atoms with E-state index in [1.54, 1.807) is 16.8 Å².